The van der Waals surface area contributed by atoms with Gasteiger partial charge in [0.15, 0.2) is 5.11 Å². The number of hydrogen-bond donors (Lipinski definition) is 2. The largest absolute Gasteiger partial charge is 0.496 e. The molecule has 0 aliphatic carbocycles. The maximum absolute atomic E-state index is 11.8. The highest BCUT2D eigenvalue weighted by Crippen LogP contribution is 2.35. The molecule has 2 rings (SSSR count). The quantitative estimate of drug-likeness (QED) is 0.805. The van der Waals surface area contributed by atoms with Crippen LogP contribution >= 0.6 is 23.8 Å². The van der Waals surface area contributed by atoms with E-state index in [-0.39, 0.29) is 24.0 Å². The lowest BCUT2D eigenvalue weighted by atomic mass is 9.99. The summed E-state index contributed by atoms with van der Waals surface area (Å²) >= 11 is 11.1. The number of carbonyl (C=O) groups excluding carboxylic acids is 2. The van der Waals surface area contributed by atoms with Gasteiger partial charge in [0, 0.05) is 10.6 Å². The van der Waals surface area contributed by atoms with Crippen LogP contribution in [0.5, 0.6) is 5.75 Å². The van der Waals surface area contributed by atoms with Gasteiger partial charge in [-0.1, -0.05) is 11.6 Å². The van der Waals surface area contributed by atoms with E-state index in [2.05, 4.69) is 5.32 Å². The summed E-state index contributed by atoms with van der Waals surface area (Å²) in [6.07, 6.45) is 0.129. The number of carbonyl (C=O) groups is 2. The number of ether oxygens (including phenoxy) is 1. The van der Waals surface area contributed by atoms with Gasteiger partial charge in [-0.15, -0.1) is 0 Å². The van der Waals surface area contributed by atoms with Crippen molar-refractivity contribution < 1.29 is 14.3 Å². The molecule has 21 heavy (non-hydrogen) atoms. The first-order valence-electron chi connectivity index (χ1n) is 6.14. The summed E-state index contributed by atoms with van der Waals surface area (Å²) < 4.78 is 5.30. The molecule has 1 unspecified atom stereocenters. The van der Waals surface area contributed by atoms with Crippen LogP contribution in [0.4, 0.5) is 0 Å². The minimum Gasteiger partial charge on any atom is -0.496 e. The maximum atomic E-state index is 11.8. The molecule has 1 fully saturated rings. The number of primary amides is 1. The van der Waals surface area contributed by atoms with Crippen molar-refractivity contribution in [3.63, 3.8) is 0 Å². The fraction of sp³-hybridized carbons (Fsp3) is 0.308. The highest BCUT2D eigenvalue weighted by molar-refractivity contribution is 7.80. The number of hydrogen-bond acceptors (Lipinski definition) is 4. The molecular weight excluding hydrogens is 314 g/mol. The zero-order valence-corrected chi connectivity index (χ0v) is 12.8. The molecule has 1 atom stereocenters. The first-order valence-corrected chi connectivity index (χ1v) is 6.93. The second-order valence-electron chi connectivity index (χ2n) is 4.55. The Morgan fingerprint density at radius 3 is 2.95 bits per heavy atom. The molecule has 0 spiro atoms. The highest BCUT2D eigenvalue weighted by Gasteiger charge is 2.33. The lowest BCUT2D eigenvalue weighted by Crippen LogP contribution is -2.53. The molecule has 0 saturated carbocycles. The zero-order valence-electron chi connectivity index (χ0n) is 11.3. The van der Waals surface area contributed by atoms with Crippen LogP contribution in [0.1, 0.15) is 18.0 Å². The number of thiocarbonyl (C=S) groups is 1. The molecule has 2 amide bonds. The van der Waals surface area contributed by atoms with Gasteiger partial charge in [0.05, 0.1) is 26.1 Å². The van der Waals surface area contributed by atoms with Crippen molar-refractivity contribution >= 4 is 40.7 Å². The molecule has 1 saturated heterocycles. The van der Waals surface area contributed by atoms with E-state index in [1.807, 2.05) is 0 Å². The van der Waals surface area contributed by atoms with E-state index in [0.717, 1.165) is 0 Å². The SMILES string of the molecule is COc1ccc(Cl)cc1C1CC(=O)NC(=S)N1CC(N)=O. The Morgan fingerprint density at radius 1 is 1.62 bits per heavy atom. The van der Waals surface area contributed by atoms with E-state index in [1.54, 1.807) is 23.1 Å². The number of benzene rings is 1. The van der Waals surface area contributed by atoms with E-state index >= 15 is 0 Å². The van der Waals surface area contributed by atoms with E-state index in [0.29, 0.717) is 16.3 Å². The Balaban J connectivity index is 2.45. The summed E-state index contributed by atoms with van der Waals surface area (Å²) in [4.78, 5) is 24.6. The van der Waals surface area contributed by atoms with Crippen LogP contribution in [0.25, 0.3) is 0 Å². The van der Waals surface area contributed by atoms with Crippen LogP contribution < -0.4 is 15.8 Å². The Labute approximate surface area is 132 Å². The standard InChI is InChI=1S/C13H14ClN3O3S/c1-20-10-3-2-7(14)4-8(10)9-5-12(19)16-13(21)17(9)6-11(15)18/h2-4,9H,5-6H2,1H3,(H2,15,18)(H,16,19,21). The minimum absolute atomic E-state index is 0.0978. The molecular formula is C13H14ClN3O3S. The third-order valence-electron chi connectivity index (χ3n) is 3.14. The predicted octanol–water partition coefficient (Wildman–Crippen LogP) is 0.982. The van der Waals surface area contributed by atoms with E-state index in [9.17, 15) is 9.59 Å². The summed E-state index contributed by atoms with van der Waals surface area (Å²) in [5.41, 5.74) is 5.93. The molecule has 1 heterocycles. The lowest BCUT2D eigenvalue weighted by molar-refractivity contribution is -0.124. The maximum Gasteiger partial charge on any atom is 0.237 e. The summed E-state index contributed by atoms with van der Waals surface area (Å²) in [5.74, 6) is -0.205. The molecule has 1 aliphatic heterocycles. The average Bonchev–Trinajstić information content (AvgIpc) is 2.41. The van der Waals surface area contributed by atoms with Crippen LogP contribution in [0.2, 0.25) is 5.02 Å². The fourth-order valence-electron chi connectivity index (χ4n) is 2.26. The number of methoxy groups -OCH3 is 1. The van der Waals surface area contributed by atoms with E-state index in [4.69, 9.17) is 34.3 Å². The van der Waals surface area contributed by atoms with Crippen LogP contribution in [-0.2, 0) is 9.59 Å². The van der Waals surface area contributed by atoms with Crippen molar-refractivity contribution in [3.8, 4) is 5.75 Å². The van der Waals surface area contributed by atoms with Gasteiger partial charge < -0.3 is 20.7 Å². The summed E-state index contributed by atoms with van der Waals surface area (Å²) in [6.45, 7) is -0.0978. The first-order chi connectivity index (χ1) is 9.92. The summed E-state index contributed by atoms with van der Waals surface area (Å²) in [6, 6.07) is 4.63. The van der Waals surface area contributed by atoms with Crippen molar-refractivity contribution in [2.45, 2.75) is 12.5 Å². The minimum atomic E-state index is -0.542. The highest BCUT2D eigenvalue weighted by atomic mass is 35.5. The second kappa shape index (κ2) is 6.28. The van der Waals surface area contributed by atoms with E-state index in [1.165, 1.54) is 7.11 Å². The molecule has 0 bridgehead atoms. The van der Waals surface area contributed by atoms with Crippen molar-refractivity contribution in [1.82, 2.24) is 10.2 Å². The van der Waals surface area contributed by atoms with Gasteiger partial charge in [0.25, 0.3) is 0 Å². The number of nitrogens with zero attached hydrogens (tertiary/aromatic N) is 1. The Hall–Kier alpha value is -1.86. The first kappa shape index (κ1) is 15.5. The van der Waals surface area contributed by atoms with Crippen LogP contribution in [0.3, 0.4) is 0 Å². The molecule has 1 aliphatic rings. The number of amides is 2. The Morgan fingerprint density at radius 2 is 2.33 bits per heavy atom. The monoisotopic (exact) mass is 327 g/mol. The van der Waals surface area contributed by atoms with Gasteiger partial charge in [0.2, 0.25) is 11.8 Å². The fourth-order valence-corrected chi connectivity index (χ4v) is 2.75. The molecule has 1 aromatic carbocycles. The molecule has 1 aromatic rings. The van der Waals surface area contributed by atoms with Crippen LogP contribution in [-0.4, -0.2) is 35.5 Å². The lowest BCUT2D eigenvalue weighted by Gasteiger charge is -2.37. The van der Waals surface area contributed by atoms with Gasteiger partial charge in [-0.05, 0) is 30.4 Å². The summed E-state index contributed by atoms with van der Waals surface area (Å²) in [7, 11) is 1.52. The molecule has 0 aromatic heterocycles. The van der Waals surface area contributed by atoms with Gasteiger partial charge in [0.1, 0.15) is 5.75 Å². The predicted molar refractivity (Wildman–Crippen MR) is 82.0 cm³/mol. The second-order valence-corrected chi connectivity index (χ2v) is 5.38. The van der Waals surface area contributed by atoms with Crippen molar-refractivity contribution in [1.29, 1.82) is 0 Å². The number of rotatable bonds is 4. The third-order valence-corrected chi connectivity index (χ3v) is 3.71. The number of nitrogens with two attached hydrogens (primary N) is 1. The van der Waals surface area contributed by atoms with Gasteiger partial charge >= 0.3 is 0 Å². The Kier molecular flexibility index (Phi) is 4.64. The zero-order chi connectivity index (χ0) is 15.6. The average molecular weight is 328 g/mol. The van der Waals surface area contributed by atoms with E-state index < -0.39 is 11.9 Å². The van der Waals surface area contributed by atoms with Gasteiger partial charge in [-0.25, -0.2) is 0 Å². The smallest absolute Gasteiger partial charge is 0.237 e. The molecule has 6 nitrogen and oxygen atoms in total. The van der Waals surface area contributed by atoms with Crippen molar-refractivity contribution in [3.05, 3.63) is 28.8 Å². The number of nitrogens with one attached hydrogen (secondary N) is 1. The van der Waals surface area contributed by atoms with Crippen LogP contribution in [0.15, 0.2) is 18.2 Å². The Bertz CT molecular complexity index is 608. The summed E-state index contributed by atoms with van der Waals surface area (Å²) in [5, 5.41) is 3.19. The topological polar surface area (TPSA) is 84.7 Å². The molecule has 112 valence electrons. The van der Waals surface area contributed by atoms with Crippen molar-refractivity contribution in [2.75, 3.05) is 13.7 Å². The third kappa shape index (κ3) is 3.43. The van der Waals surface area contributed by atoms with Crippen molar-refractivity contribution in [2.24, 2.45) is 5.73 Å². The van der Waals surface area contributed by atoms with Crippen LogP contribution in [0, 0.1) is 0 Å². The van der Waals surface area contributed by atoms with Gasteiger partial charge in [-0.2, -0.15) is 0 Å². The van der Waals surface area contributed by atoms with Gasteiger partial charge in [-0.3, -0.25) is 9.59 Å². The molecule has 0 radical (unpaired) electrons. The normalized spacial score (nSPS) is 18.4. The molecule has 3 N–H and O–H groups in total. The molecule has 8 heteroatoms. The number of halogens is 1.